The van der Waals surface area contributed by atoms with Crippen LogP contribution in [0.2, 0.25) is 0 Å². The number of nitrogens with one attached hydrogen (secondary N) is 1. The quantitative estimate of drug-likeness (QED) is 0.597. The topological polar surface area (TPSA) is 59.4 Å². The normalized spacial score (nSPS) is 15.7. The second kappa shape index (κ2) is 8.43. The first kappa shape index (κ1) is 20.2. The number of anilines is 2. The monoisotopic (exact) mass is 484 g/mol. The van der Waals surface area contributed by atoms with Crippen LogP contribution in [0, 0.1) is 5.82 Å². The van der Waals surface area contributed by atoms with E-state index in [-0.39, 0.29) is 11.7 Å². The van der Waals surface area contributed by atoms with Gasteiger partial charge in [0.15, 0.2) is 5.69 Å². The number of ether oxygens (including phenoxy) is 1. The molecular weight excluding hydrogens is 463 g/mol. The number of hydrogen-bond acceptors (Lipinski definition) is 4. The first-order valence-electron chi connectivity index (χ1n) is 10.4. The maximum absolute atomic E-state index is 14.4. The molecule has 8 heteroatoms. The van der Waals surface area contributed by atoms with Crippen LogP contribution < -0.4 is 10.2 Å². The Labute approximate surface area is 188 Å². The number of halogens is 2. The minimum absolute atomic E-state index is 0.277. The molecule has 3 aromatic rings. The molecule has 0 spiro atoms. The van der Waals surface area contributed by atoms with E-state index in [4.69, 9.17) is 4.74 Å². The van der Waals surface area contributed by atoms with Crippen molar-refractivity contribution in [2.75, 3.05) is 36.5 Å². The van der Waals surface area contributed by atoms with Gasteiger partial charge in [0.1, 0.15) is 11.5 Å². The van der Waals surface area contributed by atoms with E-state index < -0.39 is 0 Å². The van der Waals surface area contributed by atoms with Gasteiger partial charge in [-0.15, -0.1) is 0 Å². The van der Waals surface area contributed by atoms with Crippen molar-refractivity contribution >= 4 is 33.2 Å². The van der Waals surface area contributed by atoms with E-state index in [9.17, 15) is 9.18 Å². The molecule has 1 aromatic heterocycles. The zero-order valence-electron chi connectivity index (χ0n) is 16.9. The van der Waals surface area contributed by atoms with Crippen molar-refractivity contribution in [2.24, 2.45) is 0 Å². The highest BCUT2D eigenvalue weighted by Gasteiger charge is 2.28. The van der Waals surface area contributed by atoms with Crippen LogP contribution in [0.25, 0.3) is 5.69 Å². The molecule has 2 aromatic carbocycles. The zero-order valence-corrected chi connectivity index (χ0v) is 18.5. The zero-order chi connectivity index (χ0) is 21.4. The van der Waals surface area contributed by atoms with Crippen LogP contribution >= 0.6 is 15.9 Å². The Kier molecular flexibility index (Phi) is 5.50. The van der Waals surface area contributed by atoms with E-state index in [0.29, 0.717) is 30.3 Å². The number of morpholine rings is 1. The van der Waals surface area contributed by atoms with Gasteiger partial charge in [0.2, 0.25) is 0 Å². The number of nitrogens with zero attached hydrogens (tertiary/aromatic N) is 3. The number of fused-ring (bicyclic) bond motifs is 1. The number of amides is 1. The SMILES string of the molecule is O=C(Nc1cc(Br)ccc1N1CCOCC1)c1nn(-c2ccccc2F)c2c1CCC2. The Hall–Kier alpha value is -2.71. The fourth-order valence-corrected chi connectivity index (χ4v) is 4.67. The summed E-state index contributed by atoms with van der Waals surface area (Å²) in [5.41, 5.74) is 4.22. The molecule has 5 rings (SSSR count). The molecular formula is C23H22BrFN4O2. The average Bonchev–Trinajstić information content (AvgIpc) is 3.38. The first-order chi connectivity index (χ1) is 15.1. The summed E-state index contributed by atoms with van der Waals surface area (Å²) < 4.78 is 22.4. The van der Waals surface area contributed by atoms with Crippen LogP contribution in [-0.4, -0.2) is 42.0 Å². The Morgan fingerprint density at radius 1 is 1.10 bits per heavy atom. The van der Waals surface area contributed by atoms with Gasteiger partial charge in [0, 0.05) is 28.8 Å². The largest absolute Gasteiger partial charge is 0.378 e. The summed E-state index contributed by atoms with van der Waals surface area (Å²) in [6, 6.07) is 12.4. The van der Waals surface area contributed by atoms with Crippen molar-refractivity contribution in [3.05, 3.63) is 69.7 Å². The molecule has 2 aliphatic rings. The fourth-order valence-electron chi connectivity index (χ4n) is 4.31. The fraction of sp³-hybridized carbons (Fsp3) is 0.304. The van der Waals surface area contributed by atoms with E-state index in [2.05, 4.69) is 31.2 Å². The van der Waals surface area contributed by atoms with Crippen LogP contribution in [0.4, 0.5) is 15.8 Å². The van der Waals surface area contributed by atoms with Crippen LogP contribution in [0.5, 0.6) is 0 Å². The third-order valence-electron chi connectivity index (χ3n) is 5.78. The van der Waals surface area contributed by atoms with Crippen LogP contribution in [0.15, 0.2) is 46.9 Å². The number of aromatic nitrogens is 2. The first-order valence-corrected chi connectivity index (χ1v) is 11.2. The Morgan fingerprint density at radius 2 is 1.90 bits per heavy atom. The molecule has 31 heavy (non-hydrogen) atoms. The Bertz CT molecular complexity index is 1140. The van der Waals surface area contributed by atoms with Gasteiger partial charge in [-0.1, -0.05) is 28.1 Å². The molecule has 1 aliphatic heterocycles. The third kappa shape index (κ3) is 3.85. The molecule has 160 valence electrons. The number of hydrogen-bond donors (Lipinski definition) is 1. The van der Waals surface area contributed by atoms with Gasteiger partial charge in [0.25, 0.3) is 5.91 Å². The highest BCUT2D eigenvalue weighted by atomic mass is 79.9. The number of carbonyl (C=O) groups excluding carboxylic acids is 1. The lowest BCUT2D eigenvalue weighted by molar-refractivity contribution is 0.102. The standard InChI is InChI=1S/C23H22BrFN4O2/c24-15-8-9-21(28-10-12-31-13-11-28)18(14-15)26-23(30)22-16-4-3-7-19(16)29(27-22)20-6-2-1-5-17(20)25/h1-2,5-6,8-9,14H,3-4,7,10-13H2,(H,26,30). The summed E-state index contributed by atoms with van der Waals surface area (Å²) in [7, 11) is 0. The smallest absolute Gasteiger partial charge is 0.276 e. The van der Waals surface area contributed by atoms with Crippen molar-refractivity contribution in [2.45, 2.75) is 19.3 Å². The summed E-state index contributed by atoms with van der Waals surface area (Å²) in [5.74, 6) is -0.630. The summed E-state index contributed by atoms with van der Waals surface area (Å²) in [6.45, 7) is 2.84. The lowest BCUT2D eigenvalue weighted by atomic mass is 10.1. The molecule has 1 N–H and O–H groups in total. The molecule has 2 heterocycles. The molecule has 6 nitrogen and oxygen atoms in total. The summed E-state index contributed by atoms with van der Waals surface area (Å²) in [6.07, 6.45) is 2.47. The maximum atomic E-state index is 14.4. The molecule has 0 bridgehead atoms. The van der Waals surface area contributed by atoms with Crippen LogP contribution in [-0.2, 0) is 17.6 Å². The lowest BCUT2D eigenvalue weighted by Gasteiger charge is -2.30. The second-order valence-corrected chi connectivity index (χ2v) is 8.62. The molecule has 0 unspecified atom stereocenters. The van der Waals surface area contributed by atoms with Crippen molar-refractivity contribution in [1.29, 1.82) is 0 Å². The van der Waals surface area contributed by atoms with E-state index in [1.54, 1.807) is 22.9 Å². The molecule has 1 saturated heterocycles. The number of rotatable bonds is 4. The van der Waals surface area contributed by atoms with Gasteiger partial charge >= 0.3 is 0 Å². The number of carbonyl (C=O) groups is 1. The number of benzene rings is 2. The molecule has 1 aliphatic carbocycles. The molecule has 0 saturated carbocycles. The van der Waals surface area contributed by atoms with Gasteiger partial charge in [0.05, 0.1) is 24.6 Å². The molecule has 1 fully saturated rings. The van der Waals surface area contributed by atoms with Gasteiger partial charge in [-0.05, 0) is 49.6 Å². The second-order valence-electron chi connectivity index (χ2n) is 7.71. The van der Waals surface area contributed by atoms with Crippen molar-refractivity contribution in [3.63, 3.8) is 0 Å². The summed E-state index contributed by atoms with van der Waals surface area (Å²) >= 11 is 3.50. The van der Waals surface area contributed by atoms with Gasteiger partial charge in [-0.3, -0.25) is 4.79 Å². The van der Waals surface area contributed by atoms with E-state index in [1.165, 1.54) is 6.07 Å². The predicted molar refractivity (Wildman–Crippen MR) is 121 cm³/mol. The van der Waals surface area contributed by atoms with Crippen molar-refractivity contribution < 1.29 is 13.9 Å². The predicted octanol–water partition coefficient (Wildman–Crippen LogP) is 4.35. The highest BCUT2D eigenvalue weighted by molar-refractivity contribution is 9.10. The van der Waals surface area contributed by atoms with E-state index in [1.807, 2.05) is 18.2 Å². The lowest BCUT2D eigenvalue weighted by Crippen LogP contribution is -2.36. The van der Waals surface area contributed by atoms with Crippen LogP contribution in [0.3, 0.4) is 0 Å². The average molecular weight is 485 g/mol. The third-order valence-corrected chi connectivity index (χ3v) is 6.28. The Balaban J connectivity index is 1.49. The van der Waals surface area contributed by atoms with Crippen molar-refractivity contribution in [3.8, 4) is 5.69 Å². The van der Waals surface area contributed by atoms with E-state index in [0.717, 1.165) is 53.8 Å². The van der Waals surface area contributed by atoms with Crippen LogP contribution in [0.1, 0.15) is 28.2 Å². The highest BCUT2D eigenvalue weighted by Crippen LogP contribution is 2.32. The summed E-state index contributed by atoms with van der Waals surface area (Å²) in [4.78, 5) is 15.5. The minimum Gasteiger partial charge on any atom is -0.378 e. The van der Waals surface area contributed by atoms with Gasteiger partial charge < -0.3 is 15.0 Å². The minimum atomic E-state index is -0.353. The van der Waals surface area contributed by atoms with Crippen molar-refractivity contribution in [1.82, 2.24) is 9.78 Å². The maximum Gasteiger partial charge on any atom is 0.276 e. The molecule has 1 amide bonds. The molecule has 0 radical (unpaired) electrons. The number of para-hydroxylation sites is 1. The molecule has 0 atom stereocenters. The van der Waals surface area contributed by atoms with E-state index >= 15 is 0 Å². The Morgan fingerprint density at radius 3 is 2.71 bits per heavy atom. The van der Waals surface area contributed by atoms with Gasteiger partial charge in [-0.2, -0.15) is 5.10 Å². The van der Waals surface area contributed by atoms with Gasteiger partial charge in [-0.25, -0.2) is 9.07 Å². The summed E-state index contributed by atoms with van der Waals surface area (Å²) in [5, 5.41) is 7.60.